The zero-order valence-corrected chi connectivity index (χ0v) is 11.1. The predicted octanol–water partition coefficient (Wildman–Crippen LogP) is 2.38. The number of carbonyl (C=O) groups is 1. The van der Waals surface area contributed by atoms with Crippen molar-refractivity contribution in [3.8, 4) is 5.75 Å². The number of piperidine rings is 1. The molecule has 2 unspecified atom stereocenters. The van der Waals surface area contributed by atoms with E-state index in [9.17, 15) is 4.79 Å². The minimum Gasteiger partial charge on any atom is -0.496 e. The first-order valence-electron chi connectivity index (χ1n) is 6.81. The van der Waals surface area contributed by atoms with Gasteiger partial charge in [0, 0.05) is 19.1 Å². The summed E-state index contributed by atoms with van der Waals surface area (Å²) in [5.41, 5.74) is 1.36. The summed E-state index contributed by atoms with van der Waals surface area (Å²) in [5, 5.41) is 9.07. The summed E-state index contributed by atoms with van der Waals surface area (Å²) in [7, 11) is 1.52. The Morgan fingerprint density at radius 2 is 2.32 bits per heavy atom. The van der Waals surface area contributed by atoms with E-state index in [1.54, 1.807) is 6.07 Å². The summed E-state index contributed by atoms with van der Waals surface area (Å²) >= 11 is 0. The molecule has 2 aliphatic rings. The second-order valence-corrected chi connectivity index (χ2v) is 5.60. The largest absolute Gasteiger partial charge is 0.496 e. The standard InChI is InChI=1S/C15H19NO3/c1-19-14-7-11(3-5-13(14)15(17)18)9-16-8-10-2-4-12(16)6-10/h3,5,7,10,12H,2,4,6,8-9H2,1H3,(H,17,18). The minimum absolute atomic E-state index is 0.231. The van der Waals surface area contributed by atoms with Crippen LogP contribution in [0.15, 0.2) is 18.2 Å². The van der Waals surface area contributed by atoms with Gasteiger partial charge in [-0.05, 0) is 42.9 Å². The second-order valence-electron chi connectivity index (χ2n) is 5.60. The van der Waals surface area contributed by atoms with Crippen molar-refractivity contribution in [1.82, 2.24) is 4.90 Å². The number of likely N-dealkylation sites (tertiary alicyclic amines) is 1. The summed E-state index contributed by atoms with van der Waals surface area (Å²) in [6.45, 7) is 2.09. The van der Waals surface area contributed by atoms with E-state index in [2.05, 4.69) is 4.90 Å². The van der Waals surface area contributed by atoms with Crippen molar-refractivity contribution < 1.29 is 14.6 Å². The monoisotopic (exact) mass is 261 g/mol. The van der Waals surface area contributed by atoms with E-state index in [1.807, 2.05) is 12.1 Å². The van der Waals surface area contributed by atoms with E-state index in [0.29, 0.717) is 5.75 Å². The Morgan fingerprint density at radius 3 is 2.89 bits per heavy atom. The Balaban J connectivity index is 1.76. The number of carboxylic acid groups (broad SMARTS) is 1. The van der Waals surface area contributed by atoms with Crippen molar-refractivity contribution in [3.05, 3.63) is 29.3 Å². The van der Waals surface area contributed by atoms with Crippen molar-refractivity contribution in [2.75, 3.05) is 13.7 Å². The summed E-state index contributed by atoms with van der Waals surface area (Å²) in [4.78, 5) is 13.6. The number of ether oxygens (including phenoxy) is 1. The molecule has 2 bridgehead atoms. The average Bonchev–Trinajstić information content (AvgIpc) is 3.00. The number of benzene rings is 1. The topological polar surface area (TPSA) is 49.8 Å². The quantitative estimate of drug-likeness (QED) is 0.904. The maximum absolute atomic E-state index is 11.1. The third-order valence-corrected chi connectivity index (χ3v) is 4.40. The van der Waals surface area contributed by atoms with Gasteiger partial charge in [0.05, 0.1) is 7.11 Å². The van der Waals surface area contributed by atoms with Gasteiger partial charge in [-0.25, -0.2) is 4.79 Å². The summed E-state index contributed by atoms with van der Waals surface area (Å²) in [6.07, 6.45) is 4.03. The number of aromatic carboxylic acids is 1. The van der Waals surface area contributed by atoms with Crippen LogP contribution in [0.1, 0.15) is 35.2 Å². The Labute approximate surface area is 113 Å². The smallest absolute Gasteiger partial charge is 0.339 e. The first kappa shape index (κ1) is 12.5. The van der Waals surface area contributed by atoms with E-state index in [1.165, 1.54) is 32.9 Å². The van der Waals surface area contributed by atoms with Crippen LogP contribution in [0.4, 0.5) is 0 Å². The van der Waals surface area contributed by atoms with Gasteiger partial charge in [-0.15, -0.1) is 0 Å². The lowest BCUT2D eigenvalue weighted by Crippen LogP contribution is -2.31. The van der Waals surface area contributed by atoms with Crippen LogP contribution in [0.2, 0.25) is 0 Å². The molecule has 1 aliphatic heterocycles. The van der Waals surface area contributed by atoms with Crippen molar-refractivity contribution in [2.24, 2.45) is 5.92 Å². The number of hydrogen-bond donors (Lipinski definition) is 1. The molecule has 0 radical (unpaired) electrons. The fourth-order valence-corrected chi connectivity index (χ4v) is 3.47. The number of hydrogen-bond acceptors (Lipinski definition) is 3. The lowest BCUT2D eigenvalue weighted by atomic mass is 10.1. The van der Waals surface area contributed by atoms with Crippen molar-refractivity contribution in [3.63, 3.8) is 0 Å². The summed E-state index contributed by atoms with van der Waals surface area (Å²) < 4.78 is 5.17. The van der Waals surface area contributed by atoms with Crippen LogP contribution in [0.25, 0.3) is 0 Å². The van der Waals surface area contributed by atoms with Gasteiger partial charge < -0.3 is 9.84 Å². The Morgan fingerprint density at radius 1 is 1.47 bits per heavy atom. The number of rotatable bonds is 4. The molecule has 1 aliphatic carbocycles. The molecule has 1 saturated carbocycles. The van der Waals surface area contributed by atoms with E-state index < -0.39 is 5.97 Å². The molecule has 0 spiro atoms. The Kier molecular flexibility index (Phi) is 3.19. The van der Waals surface area contributed by atoms with Crippen LogP contribution in [0.3, 0.4) is 0 Å². The molecular weight excluding hydrogens is 242 g/mol. The van der Waals surface area contributed by atoms with Gasteiger partial charge >= 0.3 is 5.97 Å². The number of methoxy groups -OCH3 is 1. The Bertz CT molecular complexity index is 500. The van der Waals surface area contributed by atoms with Crippen LogP contribution >= 0.6 is 0 Å². The molecule has 1 aromatic carbocycles. The van der Waals surface area contributed by atoms with Crippen molar-refractivity contribution in [1.29, 1.82) is 0 Å². The first-order chi connectivity index (χ1) is 9.17. The van der Waals surface area contributed by atoms with Gasteiger partial charge in [0.25, 0.3) is 0 Å². The van der Waals surface area contributed by atoms with Gasteiger partial charge in [0.15, 0.2) is 0 Å². The van der Waals surface area contributed by atoms with E-state index in [-0.39, 0.29) is 5.56 Å². The highest BCUT2D eigenvalue weighted by atomic mass is 16.5. The molecule has 1 saturated heterocycles. The van der Waals surface area contributed by atoms with Gasteiger partial charge in [-0.3, -0.25) is 4.90 Å². The molecule has 4 heteroatoms. The van der Waals surface area contributed by atoms with Gasteiger partial charge in [-0.1, -0.05) is 6.07 Å². The summed E-state index contributed by atoms with van der Waals surface area (Å²) in [6, 6.07) is 6.13. The van der Waals surface area contributed by atoms with Crippen LogP contribution < -0.4 is 4.74 Å². The molecule has 0 amide bonds. The van der Waals surface area contributed by atoms with Gasteiger partial charge in [0.2, 0.25) is 0 Å². The fraction of sp³-hybridized carbons (Fsp3) is 0.533. The van der Waals surface area contributed by atoms with Crippen LogP contribution in [0, 0.1) is 5.92 Å². The fourth-order valence-electron chi connectivity index (χ4n) is 3.47. The maximum atomic E-state index is 11.1. The highest BCUT2D eigenvalue weighted by Gasteiger charge is 2.37. The van der Waals surface area contributed by atoms with Crippen molar-refractivity contribution >= 4 is 5.97 Å². The van der Waals surface area contributed by atoms with Crippen LogP contribution in [-0.2, 0) is 6.54 Å². The van der Waals surface area contributed by atoms with Gasteiger partial charge in [0.1, 0.15) is 11.3 Å². The zero-order valence-electron chi connectivity index (χ0n) is 11.1. The third kappa shape index (κ3) is 2.32. The molecule has 1 aromatic rings. The zero-order chi connectivity index (χ0) is 13.4. The van der Waals surface area contributed by atoms with Crippen LogP contribution in [0.5, 0.6) is 5.75 Å². The minimum atomic E-state index is -0.941. The maximum Gasteiger partial charge on any atom is 0.339 e. The normalized spacial score (nSPS) is 25.7. The SMILES string of the molecule is COc1cc(CN2CC3CCC2C3)ccc1C(=O)O. The second kappa shape index (κ2) is 4.85. The molecule has 4 nitrogen and oxygen atoms in total. The lowest BCUT2D eigenvalue weighted by Gasteiger charge is -2.26. The molecule has 1 N–H and O–H groups in total. The number of carboxylic acids is 1. The molecule has 2 atom stereocenters. The molecule has 2 fully saturated rings. The third-order valence-electron chi connectivity index (χ3n) is 4.40. The first-order valence-corrected chi connectivity index (χ1v) is 6.81. The van der Waals surface area contributed by atoms with E-state index in [0.717, 1.165) is 24.1 Å². The predicted molar refractivity (Wildman–Crippen MR) is 71.5 cm³/mol. The molecule has 3 rings (SSSR count). The molecule has 102 valence electrons. The number of nitrogens with zero attached hydrogens (tertiary/aromatic N) is 1. The van der Waals surface area contributed by atoms with E-state index >= 15 is 0 Å². The highest BCUT2D eigenvalue weighted by Crippen LogP contribution is 2.38. The molecular formula is C15H19NO3. The van der Waals surface area contributed by atoms with E-state index in [4.69, 9.17) is 9.84 Å². The molecule has 0 aromatic heterocycles. The molecule has 1 heterocycles. The number of fused-ring (bicyclic) bond motifs is 2. The molecule has 19 heavy (non-hydrogen) atoms. The van der Waals surface area contributed by atoms with Crippen LogP contribution in [-0.4, -0.2) is 35.7 Å². The highest BCUT2D eigenvalue weighted by molar-refractivity contribution is 5.90. The summed E-state index contributed by atoms with van der Waals surface area (Å²) in [5.74, 6) is 0.392. The average molecular weight is 261 g/mol. The van der Waals surface area contributed by atoms with Crippen molar-refractivity contribution in [2.45, 2.75) is 31.8 Å². The van der Waals surface area contributed by atoms with Gasteiger partial charge in [-0.2, -0.15) is 0 Å². The lowest BCUT2D eigenvalue weighted by molar-refractivity contribution is 0.0693. The Hall–Kier alpha value is -1.55.